The van der Waals surface area contributed by atoms with Crippen molar-refractivity contribution in [1.82, 2.24) is 10.3 Å². The summed E-state index contributed by atoms with van der Waals surface area (Å²) in [5.74, 6) is 0. The lowest BCUT2D eigenvalue weighted by atomic mass is 10.1. The largest absolute Gasteiger partial charge is 0.380 e. The van der Waals surface area contributed by atoms with Crippen LogP contribution in [0.5, 0.6) is 0 Å². The molecule has 0 fully saturated rings. The second kappa shape index (κ2) is 6.53. The van der Waals surface area contributed by atoms with E-state index in [1.807, 2.05) is 26.1 Å². The first-order chi connectivity index (χ1) is 7.27. The molecule has 1 rings (SSSR count). The highest BCUT2D eigenvalue weighted by atomic mass is 16.5. The lowest BCUT2D eigenvalue weighted by Crippen LogP contribution is -2.25. The summed E-state index contributed by atoms with van der Waals surface area (Å²) in [5.41, 5.74) is 2.30. The third-order valence-corrected chi connectivity index (χ3v) is 2.26. The van der Waals surface area contributed by atoms with Gasteiger partial charge in [0.15, 0.2) is 0 Å². The van der Waals surface area contributed by atoms with Gasteiger partial charge in [0.05, 0.1) is 12.6 Å². The number of likely N-dealkylation sites (N-methyl/N-ethyl adjacent to an activating group) is 1. The molecule has 3 nitrogen and oxygen atoms in total. The van der Waals surface area contributed by atoms with E-state index in [2.05, 4.69) is 23.3 Å². The molecule has 0 spiro atoms. The van der Waals surface area contributed by atoms with E-state index in [1.165, 1.54) is 5.56 Å². The standard InChI is InChI=1S/C12H20N2O/c1-4-13-12(9-15-5-2)11-6-7-14-10(3)8-11/h6-8,12-13H,4-5,9H2,1-3H3. The molecule has 1 unspecified atom stereocenters. The predicted molar refractivity (Wildman–Crippen MR) is 61.9 cm³/mol. The number of aryl methyl sites for hydroxylation is 1. The zero-order valence-electron chi connectivity index (χ0n) is 9.79. The number of nitrogens with one attached hydrogen (secondary N) is 1. The van der Waals surface area contributed by atoms with Gasteiger partial charge in [-0.25, -0.2) is 0 Å². The summed E-state index contributed by atoms with van der Waals surface area (Å²) in [6.45, 7) is 8.54. The van der Waals surface area contributed by atoms with Crippen molar-refractivity contribution in [2.24, 2.45) is 0 Å². The van der Waals surface area contributed by atoms with Crippen molar-refractivity contribution in [1.29, 1.82) is 0 Å². The summed E-state index contributed by atoms with van der Waals surface area (Å²) in [7, 11) is 0. The van der Waals surface area contributed by atoms with E-state index in [-0.39, 0.29) is 6.04 Å². The first-order valence-corrected chi connectivity index (χ1v) is 5.51. The zero-order valence-corrected chi connectivity index (χ0v) is 9.79. The second-order valence-electron chi connectivity index (χ2n) is 3.50. The number of rotatable bonds is 6. The van der Waals surface area contributed by atoms with Gasteiger partial charge in [-0.3, -0.25) is 4.98 Å². The summed E-state index contributed by atoms with van der Waals surface area (Å²) in [4.78, 5) is 4.19. The molecule has 0 bridgehead atoms. The van der Waals surface area contributed by atoms with Gasteiger partial charge >= 0.3 is 0 Å². The molecule has 0 aliphatic carbocycles. The molecule has 0 radical (unpaired) electrons. The molecule has 0 aromatic carbocycles. The second-order valence-corrected chi connectivity index (χ2v) is 3.50. The average Bonchev–Trinajstić information content (AvgIpc) is 2.24. The maximum atomic E-state index is 5.46. The number of ether oxygens (including phenoxy) is 1. The Balaban J connectivity index is 2.69. The Kier molecular flexibility index (Phi) is 5.29. The third kappa shape index (κ3) is 3.98. The van der Waals surface area contributed by atoms with E-state index in [4.69, 9.17) is 4.74 Å². The summed E-state index contributed by atoms with van der Waals surface area (Å²) in [6, 6.07) is 4.42. The van der Waals surface area contributed by atoms with E-state index < -0.39 is 0 Å². The van der Waals surface area contributed by atoms with Crippen molar-refractivity contribution in [2.45, 2.75) is 26.8 Å². The molecule has 0 saturated carbocycles. The van der Waals surface area contributed by atoms with Crippen LogP contribution >= 0.6 is 0 Å². The van der Waals surface area contributed by atoms with Crippen molar-refractivity contribution in [3.8, 4) is 0 Å². The monoisotopic (exact) mass is 208 g/mol. The highest BCUT2D eigenvalue weighted by Crippen LogP contribution is 2.13. The van der Waals surface area contributed by atoms with Crippen LogP contribution in [-0.4, -0.2) is 24.7 Å². The molecule has 0 aliphatic heterocycles. The van der Waals surface area contributed by atoms with Crippen molar-refractivity contribution < 1.29 is 4.74 Å². The lowest BCUT2D eigenvalue weighted by Gasteiger charge is -2.18. The van der Waals surface area contributed by atoms with E-state index in [9.17, 15) is 0 Å². The van der Waals surface area contributed by atoms with Crippen LogP contribution < -0.4 is 5.32 Å². The van der Waals surface area contributed by atoms with E-state index in [1.54, 1.807) is 0 Å². The van der Waals surface area contributed by atoms with Crippen LogP contribution in [0.1, 0.15) is 31.1 Å². The molecule has 15 heavy (non-hydrogen) atoms. The number of nitrogens with zero attached hydrogens (tertiary/aromatic N) is 1. The topological polar surface area (TPSA) is 34.1 Å². The van der Waals surface area contributed by atoms with Gasteiger partial charge < -0.3 is 10.1 Å². The van der Waals surface area contributed by atoms with Crippen molar-refractivity contribution >= 4 is 0 Å². The average molecular weight is 208 g/mol. The Morgan fingerprint density at radius 2 is 2.27 bits per heavy atom. The summed E-state index contributed by atoms with van der Waals surface area (Å²) in [5, 5.41) is 3.41. The SMILES string of the molecule is CCNC(COCC)c1ccnc(C)c1. The van der Waals surface area contributed by atoms with Gasteiger partial charge in [-0.15, -0.1) is 0 Å². The number of pyridine rings is 1. The number of aromatic nitrogens is 1. The molecule has 3 heteroatoms. The molecule has 0 saturated heterocycles. The van der Waals surface area contributed by atoms with Gasteiger partial charge in [0.25, 0.3) is 0 Å². The van der Waals surface area contributed by atoms with Gasteiger partial charge in [-0.05, 0) is 38.1 Å². The van der Waals surface area contributed by atoms with Gasteiger partial charge in [0, 0.05) is 18.5 Å². The van der Waals surface area contributed by atoms with Gasteiger partial charge in [0.2, 0.25) is 0 Å². The van der Waals surface area contributed by atoms with Crippen molar-refractivity contribution in [3.63, 3.8) is 0 Å². The third-order valence-electron chi connectivity index (χ3n) is 2.26. The minimum Gasteiger partial charge on any atom is -0.380 e. The highest BCUT2D eigenvalue weighted by Gasteiger charge is 2.09. The number of hydrogen-bond donors (Lipinski definition) is 1. The van der Waals surface area contributed by atoms with Gasteiger partial charge in [-0.2, -0.15) is 0 Å². The fraction of sp³-hybridized carbons (Fsp3) is 0.583. The van der Waals surface area contributed by atoms with Crippen LogP contribution in [0.2, 0.25) is 0 Å². The molecule has 84 valence electrons. The lowest BCUT2D eigenvalue weighted by molar-refractivity contribution is 0.123. The van der Waals surface area contributed by atoms with E-state index >= 15 is 0 Å². The van der Waals surface area contributed by atoms with E-state index in [0.29, 0.717) is 6.61 Å². The Bertz CT molecular complexity index is 289. The van der Waals surface area contributed by atoms with Crippen molar-refractivity contribution in [3.05, 3.63) is 29.6 Å². The normalized spacial score (nSPS) is 12.7. The molecular formula is C12H20N2O. The smallest absolute Gasteiger partial charge is 0.0661 e. The minimum absolute atomic E-state index is 0.275. The minimum atomic E-state index is 0.275. The van der Waals surface area contributed by atoms with Crippen LogP contribution in [0.15, 0.2) is 18.3 Å². The fourth-order valence-electron chi connectivity index (χ4n) is 1.54. The molecular weight excluding hydrogens is 188 g/mol. The van der Waals surface area contributed by atoms with Gasteiger partial charge in [-0.1, -0.05) is 6.92 Å². The molecule has 1 N–H and O–H groups in total. The van der Waals surface area contributed by atoms with Crippen LogP contribution in [0.25, 0.3) is 0 Å². The van der Waals surface area contributed by atoms with Crippen LogP contribution in [0.3, 0.4) is 0 Å². The highest BCUT2D eigenvalue weighted by molar-refractivity contribution is 5.19. The maximum absolute atomic E-state index is 5.46. The zero-order chi connectivity index (χ0) is 11.1. The molecule has 0 aliphatic rings. The quantitative estimate of drug-likeness (QED) is 0.777. The number of hydrogen-bond acceptors (Lipinski definition) is 3. The predicted octanol–water partition coefficient (Wildman–Crippen LogP) is 2.08. The van der Waals surface area contributed by atoms with Gasteiger partial charge in [0.1, 0.15) is 0 Å². The van der Waals surface area contributed by atoms with Crippen LogP contribution in [-0.2, 0) is 4.74 Å². The van der Waals surface area contributed by atoms with Crippen LogP contribution in [0, 0.1) is 6.92 Å². The molecule has 1 heterocycles. The Morgan fingerprint density at radius 1 is 1.47 bits per heavy atom. The molecule has 1 aromatic heterocycles. The molecule has 0 amide bonds. The first-order valence-electron chi connectivity index (χ1n) is 5.51. The van der Waals surface area contributed by atoms with E-state index in [0.717, 1.165) is 18.8 Å². The van der Waals surface area contributed by atoms with Crippen LogP contribution in [0.4, 0.5) is 0 Å². The Labute approximate surface area is 91.9 Å². The van der Waals surface area contributed by atoms with Crippen molar-refractivity contribution in [2.75, 3.05) is 19.8 Å². The Hall–Kier alpha value is -0.930. The summed E-state index contributed by atoms with van der Waals surface area (Å²) >= 11 is 0. The first kappa shape index (κ1) is 12.1. The fourth-order valence-corrected chi connectivity index (χ4v) is 1.54. The Morgan fingerprint density at radius 3 is 2.87 bits per heavy atom. The maximum Gasteiger partial charge on any atom is 0.0661 e. The molecule has 1 atom stereocenters. The summed E-state index contributed by atoms with van der Waals surface area (Å²) < 4.78 is 5.46. The summed E-state index contributed by atoms with van der Waals surface area (Å²) in [6.07, 6.45) is 1.85. The molecule has 1 aromatic rings.